The molecule has 0 unspecified atom stereocenters. The highest BCUT2D eigenvalue weighted by molar-refractivity contribution is 6.20. The molecule has 0 aliphatic heterocycles. The molecule has 0 saturated carbocycles. The second kappa shape index (κ2) is 13.2. The van der Waals surface area contributed by atoms with Gasteiger partial charge in [0, 0.05) is 49.1 Å². The predicted molar refractivity (Wildman–Crippen MR) is 258 cm³/mol. The Kier molecular flexibility index (Phi) is 7.31. The van der Waals surface area contributed by atoms with Gasteiger partial charge in [-0.3, -0.25) is 0 Å². The second-order valence-corrected chi connectivity index (χ2v) is 16.1. The van der Waals surface area contributed by atoms with Gasteiger partial charge in [0.2, 0.25) is 0 Å². The van der Waals surface area contributed by atoms with Crippen LogP contribution in [0, 0.1) is 0 Å². The molecule has 10 aromatic carbocycles. The second-order valence-electron chi connectivity index (χ2n) is 16.1. The van der Waals surface area contributed by atoms with Crippen LogP contribution in [0.4, 0.5) is 0 Å². The van der Waals surface area contributed by atoms with E-state index in [4.69, 9.17) is 0 Å². The van der Waals surface area contributed by atoms with Crippen LogP contribution in [0.1, 0.15) is 0 Å². The molecule has 0 fully saturated rings. The van der Waals surface area contributed by atoms with E-state index in [1.807, 2.05) is 0 Å². The Morgan fingerprint density at radius 3 is 1.41 bits per heavy atom. The number of benzene rings is 10. The van der Waals surface area contributed by atoms with E-state index < -0.39 is 0 Å². The minimum Gasteiger partial charge on any atom is -0.309 e. The SMILES string of the molecule is c1ccc(-c2cccc(-n3c4ccccc4c4cc(-c5ccc6c(c5)c5cc7c8ccccc8n(-c8ccccc8)c7cc5n6-c5cccc6ccccc56)ccc43)c2)cc1. The molecular formula is C58H37N3. The molecule has 3 heteroatoms. The van der Waals surface area contributed by atoms with Crippen molar-refractivity contribution in [3.8, 4) is 39.3 Å². The van der Waals surface area contributed by atoms with Crippen LogP contribution in [-0.2, 0) is 0 Å². The number of fused-ring (bicyclic) bond motifs is 10. The monoisotopic (exact) mass is 775 g/mol. The van der Waals surface area contributed by atoms with E-state index in [2.05, 4.69) is 238 Å². The first-order chi connectivity index (χ1) is 30.3. The van der Waals surface area contributed by atoms with Crippen molar-refractivity contribution in [1.29, 1.82) is 0 Å². The summed E-state index contributed by atoms with van der Waals surface area (Å²) >= 11 is 0. The van der Waals surface area contributed by atoms with Crippen molar-refractivity contribution in [3.63, 3.8) is 0 Å². The molecular weight excluding hydrogens is 739 g/mol. The van der Waals surface area contributed by atoms with Crippen molar-refractivity contribution in [1.82, 2.24) is 13.7 Å². The van der Waals surface area contributed by atoms with E-state index in [9.17, 15) is 0 Å². The number of para-hydroxylation sites is 3. The highest BCUT2D eigenvalue weighted by Crippen LogP contribution is 2.43. The lowest BCUT2D eigenvalue weighted by molar-refractivity contribution is 1.17. The van der Waals surface area contributed by atoms with Crippen LogP contribution >= 0.6 is 0 Å². The first kappa shape index (κ1) is 33.8. The lowest BCUT2D eigenvalue weighted by Gasteiger charge is -2.13. The van der Waals surface area contributed by atoms with Crippen LogP contribution in [-0.4, -0.2) is 13.7 Å². The molecule has 0 amide bonds. The fourth-order valence-corrected chi connectivity index (χ4v) is 10.1. The van der Waals surface area contributed by atoms with Crippen LogP contribution < -0.4 is 0 Å². The third-order valence-electron chi connectivity index (χ3n) is 12.8. The lowest BCUT2D eigenvalue weighted by Crippen LogP contribution is -1.96. The van der Waals surface area contributed by atoms with Crippen LogP contribution in [0.25, 0.3) is 116 Å². The molecule has 0 radical (unpaired) electrons. The number of hydrogen-bond acceptors (Lipinski definition) is 0. The van der Waals surface area contributed by atoms with Crippen molar-refractivity contribution in [2.24, 2.45) is 0 Å². The third-order valence-corrected chi connectivity index (χ3v) is 12.8. The molecule has 3 aromatic heterocycles. The third kappa shape index (κ3) is 5.11. The van der Waals surface area contributed by atoms with Gasteiger partial charge in [-0.05, 0) is 107 Å². The molecule has 284 valence electrons. The van der Waals surface area contributed by atoms with Crippen molar-refractivity contribution < 1.29 is 0 Å². The van der Waals surface area contributed by atoms with Gasteiger partial charge < -0.3 is 13.7 Å². The minimum absolute atomic E-state index is 1.16. The van der Waals surface area contributed by atoms with Gasteiger partial charge in [0.25, 0.3) is 0 Å². The molecule has 0 saturated heterocycles. The first-order valence-corrected chi connectivity index (χ1v) is 21.0. The number of rotatable bonds is 5. The minimum atomic E-state index is 1.16. The van der Waals surface area contributed by atoms with Gasteiger partial charge in [-0.2, -0.15) is 0 Å². The molecule has 0 spiro atoms. The van der Waals surface area contributed by atoms with E-state index in [-0.39, 0.29) is 0 Å². The van der Waals surface area contributed by atoms with Crippen LogP contribution in [0.2, 0.25) is 0 Å². The normalized spacial score (nSPS) is 11.9. The van der Waals surface area contributed by atoms with Gasteiger partial charge in [-0.25, -0.2) is 0 Å². The molecule has 0 atom stereocenters. The van der Waals surface area contributed by atoms with E-state index in [0.29, 0.717) is 0 Å². The maximum atomic E-state index is 2.49. The molecule has 13 rings (SSSR count). The molecule has 0 bridgehead atoms. The van der Waals surface area contributed by atoms with Gasteiger partial charge in [0.15, 0.2) is 0 Å². The average Bonchev–Trinajstić information content (AvgIpc) is 3.96. The van der Waals surface area contributed by atoms with Gasteiger partial charge in [0.05, 0.1) is 38.8 Å². The Hall–Kier alpha value is -8.14. The maximum absolute atomic E-state index is 2.49. The predicted octanol–water partition coefficient (Wildman–Crippen LogP) is 15.5. The van der Waals surface area contributed by atoms with Gasteiger partial charge in [-0.1, -0.05) is 146 Å². The Bertz CT molecular complexity index is 3860. The molecule has 0 aliphatic rings. The standard InChI is InChI=1S/C58H37N3/c1-3-15-38(16-4-1)40-19-13-22-44(33-40)60-54-27-12-9-24-46(54)48-34-41(29-31-55(48)60)42-30-32-56-49(35-42)51-36-50-47-25-10-11-26-53(47)59(43-20-5-2-6-21-43)57(50)37-58(51)61(56)52-28-14-18-39-17-7-8-23-45(39)52/h1-37H. The van der Waals surface area contributed by atoms with Gasteiger partial charge >= 0.3 is 0 Å². The van der Waals surface area contributed by atoms with E-state index in [1.165, 1.54) is 104 Å². The highest BCUT2D eigenvalue weighted by atomic mass is 15.0. The highest BCUT2D eigenvalue weighted by Gasteiger charge is 2.21. The van der Waals surface area contributed by atoms with E-state index in [1.54, 1.807) is 0 Å². The van der Waals surface area contributed by atoms with E-state index in [0.717, 1.165) is 11.4 Å². The number of nitrogens with zero attached hydrogens (tertiary/aromatic N) is 3. The Morgan fingerprint density at radius 2 is 0.672 bits per heavy atom. The summed E-state index contributed by atoms with van der Waals surface area (Å²) in [7, 11) is 0. The molecule has 13 aromatic rings. The quantitative estimate of drug-likeness (QED) is 0.165. The van der Waals surface area contributed by atoms with Gasteiger partial charge in [-0.15, -0.1) is 0 Å². The fourth-order valence-electron chi connectivity index (χ4n) is 10.1. The Balaban J connectivity index is 1.06. The van der Waals surface area contributed by atoms with Crippen LogP contribution in [0.15, 0.2) is 224 Å². The molecule has 0 aliphatic carbocycles. The molecule has 3 heterocycles. The summed E-state index contributed by atoms with van der Waals surface area (Å²) in [6, 6.07) is 82.3. The summed E-state index contributed by atoms with van der Waals surface area (Å²) in [4.78, 5) is 0. The van der Waals surface area contributed by atoms with Gasteiger partial charge in [0.1, 0.15) is 0 Å². The largest absolute Gasteiger partial charge is 0.309 e. The summed E-state index contributed by atoms with van der Waals surface area (Å²) in [5.41, 5.74) is 15.5. The smallest absolute Gasteiger partial charge is 0.0562 e. The zero-order valence-electron chi connectivity index (χ0n) is 33.2. The van der Waals surface area contributed by atoms with Crippen molar-refractivity contribution in [2.45, 2.75) is 0 Å². The summed E-state index contributed by atoms with van der Waals surface area (Å²) in [6.45, 7) is 0. The van der Waals surface area contributed by atoms with Crippen molar-refractivity contribution in [3.05, 3.63) is 224 Å². The van der Waals surface area contributed by atoms with E-state index >= 15 is 0 Å². The summed E-state index contributed by atoms with van der Waals surface area (Å²) in [5, 5.41) is 9.92. The molecule has 3 nitrogen and oxygen atoms in total. The van der Waals surface area contributed by atoms with Crippen molar-refractivity contribution in [2.75, 3.05) is 0 Å². The zero-order chi connectivity index (χ0) is 40.0. The topological polar surface area (TPSA) is 14.8 Å². The summed E-state index contributed by atoms with van der Waals surface area (Å²) in [6.07, 6.45) is 0. The Labute approximate surface area is 352 Å². The first-order valence-electron chi connectivity index (χ1n) is 21.0. The summed E-state index contributed by atoms with van der Waals surface area (Å²) < 4.78 is 7.33. The molecule has 61 heavy (non-hydrogen) atoms. The van der Waals surface area contributed by atoms with Crippen molar-refractivity contribution >= 4 is 76.2 Å². The fraction of sp³-hybridized carbons (Fsp3) is 0. The number of hydrogen-bond donors (Lipinski definition) is 0. The summed E-state index contributed by atoms with van der Waals surface area (Å²) in [5.74, 6) is 0. The lowest BCUT2D eigenvalue weighted by atomic mass is 10.00. The average molecular weight is 776 g/mol. The van der Waals surface area contributed by atoms with Crippen LogP contribution in [0.3, 0.4) is 0 Å². The number of aromatic nitrogens is 3. The Morgan fingerprint density at radius 1 is 0.213 bits per heavy atom. The van der Waals surface area contributed by atoms with Crippen LogP contribution in [0.5, 0.6) is 0 Å². The zero-order valence-corrected chi connectivity index (χ0v) is 33.2. The maximum Gasteiger partial charge on any atom is 0.0562 e. The molecule has 0 N–H and O–H groups in total.